The van der Waals surface area contributed by atoms with Gasteiger partial charge >= 0.3 is 0 Å². The van der Waals surface area contributed by atoms with Crippen molar-refractivity contribution < 1.29 is 10.9 Å². The van der Waals surface area contributed by atoms with Crippen molar-refractivity contribution in [3.8, 4) is 0 Å². The van der Waals surface area contributed by atoms with Crippen LogP contribution in [-0.2, 0) is 10.9 Å². The van der Waals surface area contributed by atoms with Crippen LogP contribution in [0.25, 0.3) is 0 Å². The second-order valence-corrected chi connectivity index (χ2v) is 5.30. The van der Waals surface area contributed by atoms with Crippen LogP contribution >= 0.6 is 46.0 Å². The zero-order valence-corrected chi connectivity index (χ0v) is 12.1. The quantitative estimate of drug-likeness (QED) is 0.517. The summed E-state index contributed by atoms with van der Waals surface area (Å²) < 4.78 is 16.4. The molecule has 3 nitrogen and oxygen atoms in total. The highest BCUT2D eigenvalue weighted by Gasteiger charge is 2.62. The molecular weight excluding hydrogens is 409 g/mol. The fourth-order valence-corrected chi connectivity index (χ4v) is 4.14. The molecule has 78 valence electrons. The molecule has 5 unspecified atom stereocenters. The maximum Gasteiger partial charge on any atom is 0.119 e. The van der Waals surface area contributed by atoms with Crippen LogP contribution in [0.4, 0.5) is 0 Å². The van der Waals surface area contributed by atoms with E-state index in [1.807, 2.05) is 46.0 Å². The van der Waals surface area contributed by atoms with Gasteiger partial charge in [-0.2, -0.15) is 0 Å². The second kappa shape index (κ2) is 4.35. The van der Waals surface area contributed by atoms with Crippen molar-refractivity contribution in [1.82, 2.24) is 0 Å². The van der Waals surface area contributed by atoms with E-state index >= 15 is 0 Å². The summed E-state index contributed by atoms with van der Waals surface area (Å²) in [5.41, 5.74) is -0.314. The number of halogens is 2. The predicted octanol–water partition coefficient (Wildman–Crippen LogP) is 2.01. The van der Waals surface area contributed by atoms with E-state index in [9.17, 15) is 0 Å². The van der Waals surface area contributed by atoms with Gasteiger partial charge in [-0.05, 0) is 12.3 Å². The van der Waals surface area contributed by atoms with E-state index in [2.05, 4.69) is 6.92 Å². The summed E-state index contributed by atoms with van der Waals surface area (Å²) in [4.78, 5) is 0. The van der Waals surface area contributed by atoms with Crippen molar-refractivity contribution in [2.45, 2.75) is 31.1 Å². The molecule has 0 spiro atoms. The van der Waals surface area contributed by atoms with Crippen LogP contribution in [0.3, 0.4) is 0 Å². The van der Waals surface area contributed by atoms with Gasteiger partial charge in [0.05, 0.1) is 6.61 Å². The molecule has 2 aliphatic rings. The van der Waals surface area contributed by atoms with Gasteiger partial charge in [-0.25, -0.2) is 0 Å². The Balaban J connectivity index is 2.23. The average molecular weight is 420 g/mol. The molecule has 0 N–H and O–H groups in total. The Bertz CT molecular complexity index is 217. The minimum atomic E-state index is -0.314. The zero-order valence-electron chi connectivity index (χ0n) is 7.78. The standard InChI is InChI=1S/C8H11BI2O3/c1-4-2-8(3-12-10)6(14-11)5(4)7(9)13-8/h4-7H,2-3H2,1H3. The van der Waals surface area contributed by atoms with Gasteiger partial charge in [0, 0.05) is 11.9 Å². The molecule has 2 radical (unpaired) electrons. The lowest BCUT2D eigenvalue weighted by atomic mass is 9.81. The minimum absolute atomic E-state index is 0.0721. The average Bonchev–Trinajstić information content (AvgIpc) is 2.51. The van der Waals surface area contributed by atoms with Gasteiger partial charge in [0.1, 0.15) is 65.6 Å². The van der Waals surface area contributed by atoms with Gasteiger partial charge in [-0.1, -0.05) is 6.92 Å². The summed E-state index contributed by atoms with van der Waals surface area (Å²) in [6.07, 6.45) is 1.05. The highest BCUT2D eigenvalue weighted by molar-refractivity contribution is 14.1. The van der Waals surface area contributed by atoms with Crippen molar-refractivity contribution in [2.75, 3.05) is 6.61 Å². The summed E-state index contributed by atoms with van der Waals surface area (Å²) in [7, 11) is 5.93. The van der Waals surface area contributed by atoms with E-state index in [1.54, 1.807) is 0 Å². The molecule has 0 amide bonds. The van der Waals surface area contributed by atoms with E-state index in [1.165, 1.54) is 0 Å². The fraction of sp³-hybridized carbons (Fsp3) is 1.00. The highest BCUT2D eigenvalue weighted by atomic mass is 127. The number of hydrogen-bond donors (Lipinski definition) is 0. The maximum absolute atomic E-state index is 5.93. The molecule has 14 heavy (non-hydrogen) atoms. The smallest absolute Gasteiger partial charge is 0.119 e. The van der Waals surface area contributed by atoms with Crippen LogP contribution in [0.15, 0.2) is 0 Å². The van der Waals surface area contributed by atoms with Crippen LogP contribution in [0.2, 0.25) is 0 Å². The summed E-state index contributed by atoms with van der Waals surface area (Å²) in [6.45, 7) is 2.75. The summed E-state index contributed by atoms with van der Waals surface area (Å²) in [5.74, 6) is 0.850. The van der Waals surface area contributed by atoms with Gasteiger partial charge in [0.25, 0.3) is 0 Å². The van der Waals surface area contributed by atoms with Crippen LogP contribution in [0.1, 0.15) is 13.3 Å². The molecule has 2 fully saturated rings. The summed E-state index contributed by atoms with van der Waals surface area (Å²) in [6, 6.07) is -0.204. The number of ether oxygens (including phenoxy) is 1. The third-order valence-electron chi connectivity index (χ3n) is 3.34. The first kappa shape index (κ1) is 11.9. The van der Waals surface area contributed by atoms with E-state index in [0.717, 1.165) is 6.42 Å². The Morgan fingerprint density at radius 1 is 1.57 bits per heavy atom. The van der Waals surface area contributed by atoms with Crippen molar-refractivity contribution >= 4 is 53.9 Å². The molecule has 2 bridgehead atoms. The molecule has 0 aromatic rings. The normalized spacial score (nSPS) is 51.4. The van der Waals surface area contributed by atoms with Gasteiger partial charge in [0.15, 0.2) is 0 Å². The Kier molecular flexibility index (Phi) is 3.69. The first-order valence-corrected chi connectivity index (χ1v) is 6.35. The van der Waals surface area contributed by atoms with Crippen molar-refractivity contribution in [2.24, 2.45) is 11.8 Å². The molecule has 0 aromatic carbocycles. The number of rotatable bonds is 3. The van der Waals surface area contributed by atoms with Crippen molar-refractivity contribution in [3.05, 3.63) is 0 Å². The molecule has 1 heterocycles. The summed E-state index contributed by atoms with van der Waals surface area (Å²) >= 11 is 3.83. The molecule has 1 saturated carbocycles. The van der Waals surface area contributed by atoms with Gasteiger partial charge in [0.2, 0.25) is 0 Å². The number of hydrogen-bond acceptors (Lipinski definition) is 3. The lowest BCUT2D eigenvalue weighted by Crippen LogP contribution is -2.41. The van der Waals surface area contributed by atoms with Gasteiger partial charge in [-0.15, -0.1) is 0 Å². The van der Waals surface area contributed by atoms with E-state index in [4.69, 9.17) is 18.7 Å². The molecule has 5 atom stereocenters. The van der Waals surface area contributed by atoms with Gasteiger partial charge < -0.3 is 10.9 Å². The Morgan fingerprint density at radius 2 is 2.29 bits per heavy atom. The SMILES string of the molecule is [B]C1OC2(COI)CC(C)C1C2OI. The third kappa shape index (κ3) is 1.65. The molecule has 6 heteroatoms. The first-order valence-electron chi connectivity index (χ1n) is 4.59. The molecule has 1 saturated heterocycles. The topological polar surface area (TPSA) is 27.7 Å². The van der Waals surface area contributed by atoms with Crippen LogP contribution in [0, 0.1) is 11.8 Å². The third-order valence-corrected chi connectivity index (χ3v) is 4.20. The Labute approximate surface area is 113 Å². The van der Waals surface area contributed by atoms with Gasteiger partial charge in [-0.3, -0.25) is 0 Å². The number of fused-ring (bicyclic) bond motifs is 2. The lowest BCUT2D eigenvalue weighted by Gasteiger charge is -2.31. The molecule has 1 aliphatic heterocycles. The maximum atomic E-state index is 5.93. The zero-order chi connectivity index (χ0) is 10.3. The van der Waals surface area contributed by atoms with Crippen LogP contribution in [-0.4, -0.2) is 32.2 Å². The van der Waals surface area contributed by atoms with Crippen LogP contribution < -0.4 is 0 Å². The molecule has 0 aromatic heterocycles. The van der Waals surface area contributed by atoms with Crippen LogP contribution in [0.5, 0.6) is 0 Å². The summed E-state index contributed by atoms with van der Waals surface area (Å²) in [5, 5.41) is 0. The monoisotopic (exact) mass is 420 g/mol. The highest BCUT2D eigenvalue weighted by Crippen LogP contribution is 2.53. The first-order chi connectivity index (χ1) is 6.64. The Hall–Kier alpha value is 1.40. The van der Waals surface area contributed by atoms with E-state index < -0.39 is 0 Å². The van der Waals surface area contributed by atoms with E-state index in [0.29, 0.717) is 18.4 Å². The second-order valence-electron chi connectivity index (χ2n) is 4.17. The minimum Gasteiger partial charge on any atom is -0.376 e. The van der Waals surface area contributed by atoms with E-state index in [-0.39, 0.29) is 17.7 Å². The molecular formula is C8H11BI2O3. The molecule has 1 aliphatic carbocycles. The van der Waals surface area contributed by atoms with Crippen molar-refractivity contribution in [3.63, 3.8) is 0 Å². The Morgan fingerprint density at radius 3 is 2.79 bits per heavy atom. The largest absolute Gasteiger partial charge is 0.376 e. The predicted molar refractivity (Wildman–Crippen MR) is 69.5 cm³/mol. The fourth-order valence-electron chi connectivity index (χ4n) is 2.82. The molecule has 2 rings (SSSR count). The van der Waals surface area contributed by atoms with Crippen molar-refractivity contribution in [1.29, 1.82) is 0 Å². The lowest BCUT2D eigenvalue weighted by molar-refractivity contribution is -0.0833.